The molecule has 0 aromatic heterocycles. The van der Waals surface area contributed by atoms with E-state index in [1.54, 1.807) is 0 Å². The monoisotopic (exact) mass is 143 g/mol. The molecule has 0 bridgehead atoms. The van der Waals surface area contributed by atoms with Crippen LogP contribution in [0.3, 0.4) is 0 Å². The molecule has 0 radical (unpaired) electrons. The quantitative estimate of drug-likeness (QED) is 0.580. The van der Waals surface area contributed by atoms with Crippen LogP contribution in [0.5, 0.6) is 0 Å². The van der Waals surface area contributed by atoms with E-state index in [2.05, 4.69) is 5.32 Å². The lowest BCUT2D eigenvalue weighted by molar-refractivity contribution is 0.237. The molecule has 0 unspecified atom stereocenters. The molecule has 2 nitrogen and oxygen atoms in total. The Labute approximate surface area is 62.6 Å². The van der Waals surface area contributed by atoms with Crippen molar-refractivity contribution in [1.29, 1.82) is 0 Å². The molecule has 1 aliphatic carbocycles. The summed E-state index contributed by atoms with van der Waals surface area (Å²) in [6, 6.07) is 0. The van der Waals surface area contributed by atoms with Crippen molar-refractivity contribution in [3.63, 3.8) is 0 Å². The maximum Gasteiger partial charge on any atom is 0.0931 e. The largest absolute Gasteiger partial charge is 0.381 e. The highest BCUT2D eigenvalue weighted by atomic mass is 16.3. The fourth-order valence-electron chi connectivity index (χ4n) is 1.66. The molecule has 0 atom stereocenters. The summed E-state index contributed by atoms with van der Waals surface area (Å²) in [5.74, 6) is 0.834. The zero-order chi connectivity index (χ0) is 7.23. The lowest BCUT2D eigenvalue weighted by Crippen LogP contribution is -2.24. The van der Waals surface area contributed by atoms with Gasteiger partial charge in [0.1, 0.15) is 0 Å². The number of nitrogens with one attached hydrogen (secondary N) is 1. The molecule has 0 aliphatic heterocycles. The lowest BCUT2D eigenvalue weighted by Gasteiger charge is -2.20. The predicted molar refractivity (Wildman–Crippen MR) is 41.7 cm³/mol. The molecule has 60 valence electrons. The van der Waals surface area contributed by atoms with Crippen molar-refractivity contribution in [3.05, 3.63) is 0 Å². The first-order valence-electron chi connectivity index (χ1n) is 4.25. The SMILES string of the molecule is OCNCC1CCCCC1. The number of rotatable bonds is 3. The number of hydrogen-bond donors (Lipinski definition) is 2. The molecule has 1 fully saturated rings. The van der Waals surface area contributed by atoms with E-state index < -0.39 is 0 Å². The van der Waals surface area contributed by atoms with Crippen molar-refractivity contribution in [3.8, 4) is 0 Å². The summed E-state index contributed by atoms with van der Waals surface area (Å²) in [4.78, 5) is 0. The van der Waals surface area contributed by atoms with Crippen molar-refractivity contribution in [1.82, 2.24) is 5.32 Å². The third-order valence-electron chi connectivity index (χ3n) is 2.27. The summed E-state index contributed by atoms with van der Waals surface area (Å²) in [5, 5.41) is 11.5. The molecule has 0 heterocycles. The van der Waals surface area contributed by atoms with Gasteiger partial charge in [-0.25, -0.2) is 0 Å². The van der Waals surface area contributed by atoms with E-state index in [0.29, 0.717) is 0 Å². The van der Waals surface area contributed by atoms with Gasteiger partial charge in [-0.1, -0.05) is 19.3 Å². The Balaban J connectivity index is 2.02. The maximum atomic E-state index is 8.49. The standard InChI is InChI=1S/C8H17NO/c10-7-9-6-8-4-2-1-3-5-8/h8-10H,1-7H2. The van der Waals surface area contributed by atoms with Gasteiger partial charge in [0.25, 0.3) is 0 Å². The Kier molecular flexibility index (Phi) is 3.76. The minimum absolute atomic E-state index is 0.135. The molecule has 10 heavy (non-hydrogen) atoms. The number of aliphatic hydroxyl groups is 1. The van der Waals surface area contributed by atoms with E-state index in [-0.39, 0.29) is 6.73 Å². The third-order valence-corrected chi connectivity index (χ3v) is 2.27. The highest BCUT2D eigenvalue weighted by molar-refractivity contribution is 4.66. The normalized spacial score (nSPS) is 21.3. The zero-order valence-electron chi connectivity index (χ0n) is 6.47. The molecule has 1 rings (SSSR count). The van der Waals surface area contributed by atoms with E-state index >= 15 is 0 Å². The predicted octanol–water partition coefficient (Wildman–Crippen LogP) is 1.11. The Morgan fingerprint density at radius 2 is 1.90 bits per heavy atom. The Hall–Kier alpha value is -0.0800. The maximum absolute atomic E-state index is 8.49. The van der Waals surface area contributed by atoms with Crippen LogP contribution >= 0.6 is 0 Å². The average Bonchev–Trinajstić information content (AvgIpc) is 2.03. The fraction of sp³-hybridized carbons (Fsp3) is 1.00. The van der Waals surface area contributed by atoms with E-state index in [4.69, 9.17) is 5.11 Å². The lowest BCUT2D eigenvalue weighted by atomic mass is 9.89. The fourth-order valence-corrected chi connectivity index (χ4v) is 1.66. The van der Waals surface area contributed by atoms with Gasteiger partial charge in [0.2, 0.25) is 0 Å². The molecule has 0 spiro atoms. The molecule has 0 saturated heterocycles. The van der Waals surface area contributed by atoms with Gasteiger partial charge in [-0.3, -0.25) is 5.32 Å². The average molecular weight is 143 g/mol. The number of aliphatic hydroxyl groups excluding tert-OH is 1. The van der Waals surface area contributed by atoms with E-state index in [1.807, 2.05) is 0 Å². The first-order valence-corrected chi connectivity index (χ1v) is 4.25. The van der Waals surface area contributed by atoms with Gasteiger partial charge in [0.15, 0.2) is 0 Å². The number of hydrogen-bond acceptors (Lipinski definition) is 2. The summed E-state index contributed by atoms with van der Waals surface area (Å²) in [6.07, 6.45) is 6.89. The second-order valence-corrected chi connectivity index (χ2v) is 3.12. The van der Waals surface area contributed by atoms with Crippen LogP contribution in [0.25, 0.3) is 0 Å². The molecular weight excluding hydrogens is 126 g/mol. The summed E-state index contributed by atoms with van der Waals surface area (Å²) < 4.78 is 0. The Morgan fingerprint density at radius 1 is 1.20 bits per heavy atom. The van der Waals surface area contributed by atoms with Gasteiger partial charge < -0.3 is 5.11 Å². The van der Waals surface area contributed by atoms with Crippen molar-refractivity contribution in [2.75, 3.05) is 13.3 Å². The van der Waals surface area contributed by atoms with Crippen molar-refractivity contribution >= 4 is 0 Å². The van der Waals surface area contributed by atoms with Crippen molar-refractivity contribution in [2.24, 2.45) is 5.92 Å². The van der Waals surface area contributed by atoms with Crippen LogP contribution in [0, 0.1) is 5.92 Å². The molecule has 2 heteroatoms. The van der Waals surface area contributed by atoms with Gasteiger partial charge in [0, 0.05) is 6.54 Å². The summed E-state index contributed by atoms with van der Waals surface area (Å²) in [5.41, 5.74) is 0. The topological polar surface area (TPSA) is 32.3 Å². The molecule has 1 aliphatic rings. The highest BCUT2D eigenvalue weighted by Gasteiger charge is 2.11. The highest BCUT2D eigenvalue weighted by Crippen LogP contribution is 2.22. The van der Waals surface area contributed by atoms with Gasteiger partial charge in [-0.15, -0.1) is 0 Å². The van der Waals surface area contributed by atoms with E-state index in [1.165, 1.54) is 32.1 Å². The van der Waals surface area contributed by atoms with Crippen molar-refractivity contribution < 1.29 is 5.11 Å². The van der Waals surface area contributed by atoms with Crippen LogP contribution in [0.15, 0.2) is 0 Å². The van der Waals surface area contributed by atoms with Gasteiger partial charge >= 0.3 is 0 Å². The van der Waals surface area contributed by atoms with Crippen LogP contribution < -0.4 is 5.32 Å². The summed E-state index contributed by atoms with van der Waals surface area (Å²) in [7, 11) is 0. The van der Waals surface area contributed by atoms with Crippen LogP contribution in [0.2, 0.25) is 0 Å². The minimum Gasteiger partial charge on any atom is -0.381 e. The molecular formula is C8H17NO. The summed E-state index contributed by atoms with van der Waals surface area (Å²) >= 11 is 0. The van der Waals surface area contributed by atoms with Crippen molar-refractivity contribution in [2.45, 2.75) is 32.1 Å². The molecule has 2 N–H and O–H groups in total. The summed E-state index contributed by atoms with van der Waals surface area (Å²) in [6.45, 7) is 1.15. The first kappa shape index (κ1) is 8.02. The molecule has 0 aromatic carbocycles. The first-order chi connectivity index (χ1) is 4.93. The molecule has 0 aromatic rings. The van der Waals surface area contributed by atoms with Crippen LogP contribution in [0.4, 0.5) is 0 Å². The van der Waals surface area contributed by atoms with Gasteiger partial charge in [-0.2, -0.15) is 0 Å². The second-order valence-electron chi connectivity index (χ2n) is 3.12. The molecule has 1 saturated carbocycles. The van der Waals surface area contributed by atoms with Gasteiger partial charge in [-0.05, 0) is 18.8 Å². The third kappa shape index (κ3) is 2.67. The smallest absolute Gasteiger partial charge is 0.0931 e. The zero-order valence-corrected chi connectivity index (χ0v) is 6.47. The van der Waals surface area contributed by atoms with Crippen LogP contribution in [0.1, 0.15) is 32.1 Å². The van der Waals surface area contributed by atoms with E-state index in [9.17, 15) is 0 Å². The van der Waals surface area contributed by atoms with Crippen LogP contribution in [-0.4, -0.2) is 18.4 Å². The minimum atomic E-state index is 0.135. The molecule has 0 amide bonds. The second kappa shape index (κ2) is 4.69. The Bertz CT molecular complexity index is 79.3. The van der Waals surface area contributed by atoms with E-state index in [0.717, 1.165) is 12.5 Å². The van der Waals surface area contributed by atoms with Crippen LogP contribution in [-0.2, 0) is 0 Å². The Morgan fingerprint density at radius 3 is 2.50 bits per heavy atom. The van der Waals surface area contributed by atoms with Gasteiger partial charge in [0.05, 0.1) is 6.73 Å².